The van der Waals surface area contributed by atoms with E-state index < -0.39 is 0 Å². The van der Waals surface area contributed by atoms with Crippen molar-refractivity contribution in [2.75, 3.05) is 18.6 Å². The summed E-state index contributed by atoms with van der Waals surface area (Å²) in [6.45, 7) is 4.26. The van der Waals surface area contributed by atoms with Crippen LogP contribution in [-0.4, -0.2) is 23.3 Å². The minimum absolute atomic E-state index is 0.778. The smallest absolute Gasteiger partial charge is 0.163 e. The lowest BCUT2D eigenvalue weighted by Gasteiger charge is -2.07. The molecule has 108 valence electrons. The molecule has 5 heteroatoms. The first-order chi connectivity index (χ1) is 10.1. The van der Waals surface area contributed by atoms with Gasteiger partial charge in [-0.1, -0.05) is 12.1 Å². The molecule has 2 aromatic heterocycles. The van der Waals surface area contributed by atoms with E-state index in [9.17, 15) is 0 Å². The van der Waals surface area contributed by atoms with Gasteiger partial charge in [0.15, 0.2) is 5.82 Å². The summed E-state index contributed by atoms with van der Waals surface area (Å²) in [5.41, 5.74) is 2.32. The van der Waals surface area contributed by atoms with E-state index in [1.807, 2.05) is 7.05 Å². The van der Waals surface area contributed by atoms with Crippen LogP contribution in [0.25, 0.3) is 21.6 Å². The summed E-state index contributed by atoms with van der Waals surface area (Å²) in [4.78, 5) is 13.0. The molecule has 21 heavy (non-hydrogen) atoms. The quantitative estimate of drug-likeness (QED) is 0.709. The summed E-state index contributed by atoms with van der Waals surface area (Å²) in [7, 11) is 1.91. The monoisotopic (exact) mass is 315 g/mol. The molecule has 3 nitrogen and oxygen atoms in total. The topological polar surface area (TPSA) is 37.8 Å². The normalized spacial score (nSPS) is 11.0. The van der Waals surface area contributed by atoms with Gasteiger partial charge in [0.25, 0.3) is 0 Å². The standard InChI is InChI=1S/C16H17N3S2/c1-9-10(2)21-16-13(9)15(17-3)18-14(19-16)11-5-7-12(20-4)8-6-11/h5-8H,1-4H3,(H,17,18,19). The number of thiophene rings is 1. The fourth-order valence-electron chi connectivity index (χ4n) is 2.30. The van der Waals surface area contributed by atoms with Gasteiger partial charge in [-0.15, -0.1) is 23.1 Å². The Kier molecular flexibility index (Phi) is 3.87. The maximum atomic E-state index is 4.75. The molecule has 0 atom stereocenters. The van der Waals surface area contributed by atoms with Crippen molar-refractivity contribution in [2.24, 2.45) is 0 Å². The molecule has 3 aromatic rings. The predicted molar refractivity (Wildman–Crippen MR) is 93.7 cm³/mol. The van der Waals surface area contributed by atoms with Gasteiger partial charge in [0.1, 0.15) is 10.6 Å². The van der Waals surface area contributed by atoms with Gasteiger partial charge in [-0.2, -0.15) is 0 Å². The molecule has 0 aliphatic carbocycles. The van der Waals surface area contributed by atoms with Crippen molar-refractivity contribution in [1.29, 1.82) is 0 Å². The van der Waals surface area contributed by atoms with E-state index in [1.54, 1.807) is 23.1 Å². The first-order valence-electron chi connectivity index (χ1n) is 6.74. The van der Waals surface area contributed by atoms with Crippen molar-refractivity contribution < 1.29 is 0 Å². The summed E-state index contributed by atoms with van der Waals surface area (Å²) < 4.78 is 0. The van der Waals surface area contributed by atoms with E-state index in [2.05, 4.69) is 49.7 Å². The van der Waals surface area contributed by atoms with Gasteiger partial charge in [-0.05, 0) is 37.8 Å². The highest BCUT2D eigenvalue weighted by Gasteiger charge is 2.14. The third kappa shape index (κ3) is 2.51. The zero-order valence-electron chi connectivity index (χ0n) is 12.5. The Labute approximate surface area is 132 Å². The maximum Gasteiger partial charge on any atom is 0.163 e. The van der Waals surface area contributed by atoms with Crippen LogP contribution in [0.5, 0.6) is 0 Å². The van der Waals surface area contributed by atoms with Gasteiger partial charge in [0, 0.05) is 22.4 Å². The first kappa shape index (κ1) is 14.4. The number of anilines is 1. The van der Waals surface area contributed by atoms with E-state index in [1.165, 1.54) is 15.3 Å². The highest BCUT2D eigenvalue weighted by molar-refractivity contribution is 7.98. The summed E-state index contributed by atoms with van der Waals surface area (Å²) >= 11 is 3.47. The number of hydrogen-bond donors (Lipinski definition) is 1. The van der Waals surface area contributed by atoms with E-state index in [4.69, 9.17) is 9.97 Å². The Morgan fingerprint density at radius 2 is 1.81 bits per heavy atom. The fraction of sp³-hybridized carbons (Fsp3) is 0.250. The van der Waals surface area contributed by atoms with Gasteiger partial charge in [-0.25, -0.2) is 9.97 Å². The van der Waals surface area contributed by atoms with Crippen LogP contribution in [0.3, 0.4) is 0 Å². The number of fused-ring (bicyclic) bond motifs is 1. The predicted octanol–water partition coefficient (Wildman–Crippen LogP) is 4.74. The van der Waals surface area contributed by atoms with Crippen LogP contribution in [-0.2, 0) is 0 Å². The molecule has 0 aliphatic rings. The average Bonchev–Trinajstić information content (AvgIpc) is 2.81. The highest BCUT2D eigenvalue weighted by atomic mass is 32.2. The van der Waals surface area contributed by atoms with Crippen molar-refractivity contribution >= 4 is 39.1 Å². The second-order valence-electron chi connectivity index (χ2n) is 4.84. The summed E-state index contributed by atoms with van der Waals surface area (Å²) in [5, 5.41) is 4.35. The van der Waals surface area contributed by atoms with Gasteiger partial charge >= 0.3 is 0 Å². The molecule has 1 aromatic carbocycles. The van der Waals surface area contributed by atoms with Gasteiger partial charge in [0.05, 0.1) is 5.39 Å². The highest BCUT2D eigenvalue weighted by Crippen LogP contribution is 2.34. The van der Waals surface area contributed by atoms with Crippen LogP contribution in [0, 0.1) is 13.8 Å². The van der Waals surface area contributed by atoms with Crippen molar-refractivity contribution in [3.8, 4) is 11.4 Å². The Morgan fingerprint density at radius 3 is 2.43 bits per heavy atom. The molecular weight excluding hydrogens is 298 g/mol. The first-order valence-corrected chi connectivity index (χ1v) is 8.78. The Bertz CT molecular complexity index is 791. The van der Waals surface area contributed by atoms with E-state index >= 15 is 0 Å². The lowest BCUT2D eigenvalue weighted by atomic mass is 10.2. The molecular formula is C16H17N3S2. The molecule has 2 heterocycles. The molecule has 0 radical (unpaired) electrons. The van der Waals surface area contributed by atoms with Crippen molar-refractivity contribution in [2.45, 2.75) is 18.7 Å². The van der Waals surface area contributed by atoms with Crippen LogP contribution in [0.15, 0.2) is 29.2 Å². The third-order valence-electron chi connectivity index (χ3n) is 3.61. The largest absolute Gasteiger partial charge is 0.372 e. The van der Waals surface area contributed by atoms with Gasteiger partial charge in [0.2, 0.25) is 0 Å². The molecule has 0 unspecified atom stereocenters. The molecule has 0 spiro atoms. The number of thioether (sulfide) groups is 1. The molecule has 0 saturated heterocycles. The molecule has 0 aliphatic heterocycles. The Balaban J connectivity index is 2.18. The van der Waals surface area contributed by atoms with Crippen molar-refractivity contribution in [1.82, 2.24) is 9.97 Å². The summed E-state index contributed by atoms with van der Waals surface area (Å²) in [6, 6.07) is 8.38. The van der Waals surface area contributed by atoms with Crippen molar-refractivity contribution in [3.63, 3.8) is 0 Å². The molecule has 0 fully saturated rings. The second-order valence-corrected chi connectivity index (χ2v) is 6.92. The van der Waals surface area contributed by atoms with E-state index in [-0.39, 0.29) is 0 Å². The van der Waals surface area contributed by atoms with Gasteiger partial charge < -0.3 is 5.32 Å². The number of aryl methyl sites for hydroxylation is 2. The summed E-state index contributed by atoms with van der Waals surface area (Å²) in [6.07, 6.45) is 2.08. The van der Waals surface area contributed by atoms with Crippen LogP contribution in [0.2, 0.25) is 0 Å². The number of nitrogens with zero attached hydrogens (tertiary/aromatic N) is 2. The van der Waals surface area contributed by atoms with Crippen LogP contribution >= 0.6 is 23.1 Å². The molecule has 3 rings (SSSR count). The molecule has 0 saturated carbocycles. The van der Waals surface area contributed by atoms with Crippen molar-refractivity contribution in [3.05, 3.63) is 34.7 Å². The third-order valence-corrected chi connectivity index (χ3v) is 5.46. The van der Waals surface area contributed by atoms with Crippen LogP contribution in [0.4, 0.5) is 5.82 Å². The number of aromatic nitrogens is 2. The second kappa shape index (κ2) is 5.66. The number of hydrogen-bond acceptors (Lipinski definition) is 5. The van der Waals surface area contributed by atoms with Crippen LogP contribution in [0.1, 0.15) is 10.4 Å². The Morgan fingerprint density at radius 1 is 1.10 bits per heavy atom. The van der Waals surface area contributed by atoms with E-state index in [0.717, 1.165) is 27.4 Å². The zero-order chi connectivity index (χ0) is 15.0. The van der Waals surface area contributed by atoms with Gasteiger partial charge in [-0.3, -0.25) is 0 Å². The molecule has 0 bridgehead atoms. The lowest BCUT2D eigenvalue weighted by molar-refractivity contribution is 1.22. The molecule has 0 amide bonds. The number of rotatable bonds is 3. The number of nitrogens with one attached hydrogen (secondary N) is 1. The molecule has 1 N–H and O–H groups in total. The Hall–Kier alpha value is -1.59. The fourth-order valence-corrected chi connectivity index (χ4v) is 3.74. The average molecular weight is 315 g/mol. The SMILES string of the molecule is CNc1nc(-c2ccc(SC)cc2)nc2sc(C)c(C)c12. The number of benzene rings is 1. The van der Waals surface area contributed by atoms with E-state index in [0.29, 0.717) is 0 Å². The minimum atomic E-state index is 0.778. The maximum absolute atomic E-state index is 4.75. The summed E-state index contributed by atoms with van der Waals surface area (Å²) in [5.74, 6) is 1.69. The minimum Gasteiger partial charge on any atom is -0.372 e. The van der Waals surface area contributed by atoms with Crippen LogP contribution < -0.4 is 5.32 Å². The zero-order valence-corrected chi connectivity index (χ0v) is 14.2. The lowest BCUT2D eigenvalue weighted by Crippen LogP contribution is -1.98.